The summed E-state index contributed by atoms with van der Waals surface area (Å²) in [7, 11) is 0. The third kappa shape index (κ3) is 4.45. The van der Waals surface area contributed by atoms with Crippen LogP contribution in [0.1, 0.15) is 43.0 Å². The molecule has 3 aliphatic rings. The molecule has 2 aromatic rings. The van der Waals surface area contributed by atoms with E-state index in [9.17, 15) is 4.79 Å². The van der Waals surface area contributed by atoms with E-state index in [4.69, 9.17) is 14.2 Å². The summed E-state index contributed by atoms with van der Waals surface area (Å²) in [6.07, 6.45) is 5.85. The van der Waals surface area contributed by atoms with Crippen LogP contribution in [0.15, 0.2) is 48.7 Å². The molecule has 0 radical (unpaired) electrons. The Kier molecular flexibility index (Phi) is 6.28. The minimum Gasteiger partial charge on any atom is -0.483 e. The molecule has 1 aromatic carbocycles. The number of hydrogen-bond acceptors (Lipinski definition) is 5. The zero-order valence-corrected chi connectivity index (χ0v) is 18.4. The molecule has 1 aliphatic carbocycles. The van der Waals surface area contributed by atoms with Crippen molar-refractivity contribution in [2.75, 3.05) is 13.2 Å². The highest BCUT2D eigenvalue weighted by atomic mass is 16.6. The highest BCUT2D eigenvalue weighted by molar-refractivity contribution is 5.75. The molecular weight excluding hydrogens is 406 g/mol. The normalized spacial score (nSPS) is 28.3. The number of fused-ring (bicyclic) bond motifs is 1. The van der Waals surface area contributed by atoms with Crippen LogP contribution in [-0.4, -0.2) is 48.6 Å². The fourth-order valence-corrected chi connectivity index (χ4v) is 5.22. The van der Waals surface area contributed by atoms with Gasteiger partial charge >= 0.3 is 6.03 Å². The lowest BCUT2D eigenvalue weighted by molar-refractivity contribution is 0.0299. The van der Waals surface area contributed by atoms with Crippen LogP contribution < -0.4 is 15.4 Å². The molecule has 2 saturated heterocycles. The van der Waals surface area contributed by atoms with Gasteiger partial charge in [-0.2, -0.15) is 0 Å². The van der Waals surface area contributed by atoms with Crippen LogP contribution in [0.5, 0.6) is 5.75 Å². The zero-order valence-electron chi connectivity index (χ0n) is 18.4. The number of amides is 2. The molecule has 3 fully saturated rings. The second kappa shape index (κ2) is 9.46. The molecule has 5 rings (SSSR count). The lowest BCUT2D eigenvalue weighted by Crippen LogP contribution is -2.49. The van der Waals surface area contributed by atoms with Crippen LogP contribution >= 0.6 is 0 Å². The first kappa shape index (κ1) is 21.2. The van der Waals surface area contributed by atoms with Gasteiger partial charge in [0, 0.05) is 6.20 Å². The molecule has 5 atom stereocenters. The van der Waals surface area contributed by atoms with E-state index in [0.717, 1.165) is 29.8 Å². The van der Waals surface area contributed by atoms with Gasteiger partial charge in [-0.15, -0.1) is 0 Å². The molecule has 0 spiro atoms. The van der Waals surface area contributed by atoms with Gasteiger partial charge < -0.3 is 24.8 Å². The van der Waals surface area contributed by atoms with E-state index in [1.165, 1.54) is 12.8 Å². The first-order chi connectivity index (χ1) is 15.7. The summed E-state index contributed by atoms with van der Waals surface area (Å²) >= 11 is 0. The number of pyridine rings is 1. The number of carbonyl (C=O) groups excluding carboxylic acids is 1. The van der Waals surface area contributed by atoms with Gasteiger partial charge in [-0.1, -0.05) is 43.2 Å². The van der Waals surface area contributed by atoms with Crippen molar-refractivity contribution in [1.82, 2.24) is 15.6 Å². The first-order valence-electron chi connectivity index (χ1n) is 11.6. The first-order valence-corrected chi connectivity index (χ1v) is 11.6. The fourth-order valence-electron chi connectivity index (χ4n) is 5.22. The predicted octanol–water partition coefficient (Wildman–Crippen LogP) is 3.53. The number of benzene rings is 1. The number of carbonyl (C=O) groups is 1. The van der Waals surface area contributed by atoms with E-state index in [0.29, 0.717) is 19.1 Å². The number of rotatable bonds is 6. The molecular formula is C25H31N3O4. The number of aryl methyl sites for hydroxylation is 1. The Morgan fingerprint density at radius 2 is 1.84 bits per heavy atom. The quantitative estimate of drug-likeness (QED) is 0.723. The Hall–Kier alpha value is -2.64. The monoisotopic (exact) mass is 437 g/mol. The SMILES string of the molecule is Cc1ncccc1O[C@H]1CO[C@H]2[C@@H]1OC[C@@H]2NC(=O)NC(c1ccccc1)C1CCCC1. The summed E-state index contributed by atoms with van der Waals surface area (Å²) in [6, 6.07) is 13.7. The minimum atomic E-state index is -0.218. The molecule has 1 unspecified atom stereocenters. The second-order valence-corrected chi connectivity index (χ2v) is 9.00. The van der Waals surface area contributed by atoms with Gasteiger partial charge in [-0.05, 0) is 43.4 Å². The zero-order chi connectivity index (χ0) is 21.9. The van der Waals surface area contributed by atoms with Gasteiger partial charge in [0.15, 0.2) is 6.10 Å². The van der Waals surface area contributed by atoms with E-state index < -0.39 is 0 Å². The standard InChI is InChI=1S/C25H31N3O4/c1-16-20(12-7-13-26-16)32-21-15-31-23-19(14-30-24(21)23)27-25(29)28-22(18-10-5-6-11-18)17-8-3-2-4-9-17/h2-4,7-9,12-13,18-19,21-24H,5-6,10-11,14-15H2,1H3,(H2,27,28,29)/t19-,21-,22?,23+,24+/m0/s1. The Labute approximate surface area is 188 Å². The van der Waals surface area contributed by atoms with E-state index >= 15 is 0 Å². The Morgan fingerprint density at radius 1 is 1.06 bits per heavy atom. The van der Waals surface area contributed by atoms with Gasteiger partial charge in [0.25, 0.3) is 0 Å². The third-order valence-electron chi connectivity index (χ3n) is 6.88. The third-order valence-corrected chi connectivity index (χ3v) is 6.88. The number of aromatic nitrogens is 1. The smallest absolute Gasteiger partial charge is 0.315 e. The van der Waals surface area contributed by atoms with E-state index in [1.807, 2.05) is 37.3 Å². The number of hydrogen-bond donors (Lipinski definition) is 2. The summed E-state index contributed by atoms with van der Waals surface area (Å²) in [6.45, 7) is 2.76. The predicted molar refractivity (Wildman–Crippen MR) is 119 cm³/mol. The molecule has 7 heteroatoms. The average Bonchev–Trinajstić information content (AvgIpc) is 3.55. The van der Waals surface area contributed by atoms with Gasteiger partial charge in [0.05, 0.1) is 31.0 Å². The summed E-state index contributed by atoms with van der Waals surface area (Å²) in [5.41, 5.74) is 1.99. The molecule has 1 aromatic heterocycles. The summed E-state index contributed by atoms with van der Waals surface area (Å²) in [5, 5.41) is 6.34. The molecule has 0 bridgehead atoms. The van der Waals surface area contributed by atoms with Crippen LogP contribution in [0.2, 0.25) is 0 Å². The Morgan fingerprint density at radius 3 is 2.62 bits per heavy atom. The molecule has 7 nitrogen and oxygen atoms in total. The lowest BCUT2D eigenvalue weighted by atomic mass is 9.92. The van der Waals surface area contributed by atoms with Crippen LogP contribution in [0.25, 0.3) is 0 Å². The van der Waals surface area contributed by atoms with Gasteiger partial charge in [0.2, 0.25) is 0 Å². The Balaban J connectivity index is 1.20. The van der Waals surface area contributed by atoms with Crippen molar-refractivity contribution in [2.24, 2.45) is 5.92 Å². The number of nitrogens with zero attached hydrogens (tertiary/aromatic N) is 1. The average molecular weight is 438 g/mol. The maximum absolute atomic E-state index is 13.0. The van der Waals surface area contributed by atoms with Crippen molar-refractivity contribution >= 4 is 6.03 Å². The highest BCUT2D eigenvalue weighted by Crippen LogP contribution is 2.36. The largest absolute Gasteiger partial charge is 0.483 e. The summed E-state index contributed by atoms with van der Waals surface area (Å²) in [4.78, 5) is 17.2. The molecule has 32 heavy (non-hydrogen) atoms. The molecule has 170 valence electrons. The van der Waals surface area contributed by atoms with Crippen molar-refractivity contribution in [1.29, 1.82) is 0 Å². The Bertz CT molecular complexity index is 918. The molecule has 2 aliphatic heterocycles. The van der Waals surface area contributed by atoms with E-state index in [1.54, 1.807) is 6.20 Å². The maximum atomic E-state index is 13.0. The van der Waals surface area contributed by atoms with Crippen LogP contribution in [0.4, 0.5) is 4.79 Å². The lowest BCUT2D eigenvalue weighted by Gasteiger charge is -2.27. The number of urea groups is 1. The van der Waals surface area contributed by atoms with Crippen molar-refractivity contribution < 1.29 is 19.0 Å². The van der Waals surface area contributed by atoms with Gasteiger partial charge in [-0.25, -0.2) is 4.79 Å². The number of nitrogens with one attached hydrogen (secondary N) is 2. The molecule has 2 amide bonds. The number of ether oxygens (including phenoxy) is 3. The molecule has 2 N–H and O–H groups in total. The molecule has 1 saturated carbocycles. The van der Waals surface area contributed by atoms with Crippen molar-refractivity contribution in [3.8, 4) is 5.75 Å². The fraction of sp³-hybridized carbons (Fsp3) is 0.520. The maximum Gasteiger partial charge on any atom is 0.315 e. The van der Waals surface area contributed by atoms with E-state index in [-0.39, 0.29) is 36.4 Å². The summed E-state index contributed by atoms with van der Waals surface area (Å²) < 4.78 is 18.1. The highest BCUT2D eigenvalue weighted by Gasteiger charge is 2.49. The van der Waals surface area contributed by atoms with Crippen molar-refractivity contribution in [3.05, 3.63) is 59.9 Å². The van der Waals surface area contributed by atoms with Crippen LogP contribution in [0.3, 0.4) is 0 Å². The van der Waals surface area contributed by atoms with Crippen molar-refractivity contribution in [3.63, 3.8) is 0 Å². The summed E-state index contributed by atoms with van der Waals surface area (Å²) in [5.74, 6) is 1.21. The molecule has 3 heterocycles. The minimum absolute atomic E-state index is 0.0194. The van der Waals surface area contributed by atoms with Gasteiger partial charge in [-0.3, -0.25) is 4.98 Å². The van der Waals surface area contributed by atoms with Crippen LogP contribution in [0, 0.1) is 12.8 Å². The van der Waals surface area contributed by atoms with Gasteiger partial charge in [0.1, 0.15) is 18.0 Å². The van der Waals surface area contributed by atoms with E-state index in [2.05, 4.69) is 27.8 Å². The van der Waals surface area contributed by atoms with Crippen LogP contribution in [-0.2, 0) is 9.47 Å². The second-order valence-electron chi connectivity index (χ2n) is 9.00. The topological polar surface area (TPSA) is 81.7 Å². The van der Waals surface area contributed by atoms with Crippen molar-refractivity contribution in [2.45, 2.75) is 63.0 Å².